The summed E-state index contributed by atoms with van der Waals surface area (Å²) in [6, 6.07) is 8.09. The van der Waals surface area contributed by atoms with E-state index in [1.54, 1.807) is 0 Å². The fraction of sp³-hybridized carbons (Fsp3) is 0.500. The van der Waals surface area contributed by atoms with E-state index >= 15 is 0 Å². The van der Waals surface area contributed by atoms with Gasteiger partial charge in [0, 0.05) is 31.6 Å². The summed E-state index contributed by atoms with van der Waals surface area (Å²) in [5, 5.41) is 11.8. The maximum atomic E-state index is 5.95. The third kappa shape index (κ3) is 4.34. The van der Waals surface area contributed by atoms with Crippen LogP contribution in [0.4, 0.5) is 5.69 Å². The molecule has 0 atom stereocenters. The van der Waals surface area contributed by atoms with Gasteiger partial charge in [0.1, 0.15) is 11.6 Å². The lowest BCUT2D eigenvalue weighted by molar-refractivity contribution is 0.598. The maximum Gasteiger partial charge on any atom is 0.193 e. The molecule has 24 heavy (non-hydrogen) atoms. The molecule has 0 saturated heterocycles. The van der Waals surface area contributed by atoms with Gasteiger partial charge < -0.3 is 15.6 Å². The molecule has 6 heteroatoms. The highest BCUT2D eigenvalue weighted by molar-refractivity contribution is 5.92. The zero-order chi connectivity index (χ0) is 16.8. The molecule has 1 aliphatic heterocycles. The number of nitrogens with zero attached hydrogens (tertiary/aromatic N) is 4. The monoisotopic (exact) mass is 326 g/mol. The highest BCUT2D eigenvalue weighted by Crippen LogP contribution is 2.15. The molecule has 0 spiro atoms. The standard InChI is InChI=1S/C18H26N6/c1-14-7-5-8-15(13-14)21-18(19)20-11-6-10-17-23-22-16-9-3-2-4-12-24(16)17/h5,7-8,13H,2-4,6,9-12H2,1H3,(H3,19,20,21). The maximum absolute atomic E-state index is 5.95. The minimum Gasteiger partial charge on any atom is -0.370 e. The molecule has 1 aromatic carbocycles. The van der Waals surface area contributed by atoms with E-state index in [0.717, 1.165) is 43.1 Å². The van der Waals surface area contributed by atoms with Crippen LogP contribution in [0.25, 0.3) is 0 Å². The number of guanidine groups is 1. The number of benzene rings is 1. The number of anilines is 1. The van der Waals surface area contributed by atoms with Crippen molar-refractivity contribution in [1.29, 1.82) is 0 Å². The SMILES string of the molecule is Cc1cccc(NC(N)=NCCCc2nnc3n2CCCCC3)c1. The van der Waals surface area contributed by atoms with Gasteiger partial charge in [-0.1, -0.05) is 18.6 Å². The molecule has 2 aromatic rings. The van der Waals surface area contributed by atoms with Crippen LogP contribution < -0.4 is 11.1 Å². The van der Waals surface area contributed by atoms with E-state index in [-0.39, 0.29) is 0 Å². The third-order valence-electron chi connectivity index (χ3n) is 4.32. The zero-order valence-electron chi connectivity index (χ0n) is 14.3. The van der Waals surface area contributed by atoms with E-state index in [4.69, 9.17) is 5.73 Å². The van der Waals surface area contributed by atoms with Gasteiger partial charge in [-0.25, -0.2) is 0 Å². The summed E-state index contributed by atoms with van der Waals surface area (Å²) in [6.45, 7) is 3.80. The van der Waals surface area contributed by atoms with Gasteiger partial charge in [-0.2, -0.15) is 0 Å². The Kier molecular flexibility index (Phi) is 5.46. The Labute approximate surface area is 143 Å². The smallest absolute Gasteiger partial charge is 0.193 e. The summed E-state index contributed by atoms with van der Waals surface area (Å²) >= 11 is 0. The number of nitrogens with one attached hydrogen (secondary N) is 1. The van der Waals surface area contributed by atoms with Gasteiger partial charge in [-0.05, 0) is 43.9 Å². The fourth-order valence-corrected chi connectivity index (χ4v) is 3.08. The highest BCUT2D eigenvalue weighted by Gasteiger charge is 2.13. The predicted octanol–water partition coefficient (Wildman–Crippen LogP) is 2.67. The number of aromatic nitrogens is 3. The second kappa shape index (κ2) is 7.95. The topological polar surface area (TPSA) is 81.1 Å². The largest absolute Gasteiger partial charge is 0.370 e. The minimum atomic E-state index is 0.459. The molecule has 0 bridgehead atoms. The van der Waals surface area contributed by atoms with Gasteiger partial charge in [0.15, 0.2) is 5.96 Å². The molecule has 0 amide bonds. The van der Waals surface area contributed by atoms with E-state index < -0.39 is 0 Å². The van der Waals surface area contributed by atoms with Gasteiger partial charge in [0.25, 0.3) is 0 Å². The number of hydrogen-bond donors (Lipinski definition) is 2. The lowest BCUT2D eigenvalue weighted by Gasteiger charge is -2.07. The fourth-order valence-electron chi connectivity index (χ4n) is 3.08. The Morgan fingerprint density at radius 1 is 1.29 bits per heavy atom. The molecule has 1 aliphatic rings. The molecule has 3 N–H and O–H groups in total. The van der Waals surface area contributed by atoms with E-state index in [2.05, 4.69) is 38.1 Å². The second-order valence-corrected chi connectivity index (χ2v) is 6.36. The predicted molar refractivity (Wildman–Crippen MR) is 97.2 cm³/mol. The molecule has 1 aromatic heterocycles. The number of aliphatic imine (C=N–C) groups is 1. The third-order valence-corrected chi connectivity index (χ3v) is 4.32. The molecular formula is C18H26N6. The zero-order valence-corrected chi connectivity index (χ0v) is 14.3. The molecule has 0 fully saturated rings. The average Bonchev–Trinajstić information content (AvgIpc) is 2.78. The van der Waals surface area contributed by atoms with Crippen LogP contribution >= 0.6 is 0 Å². The number of nitrogens with two attached hydrogens (primary N) is 1. The molecule has 2 heterocycles. The van der Waals surface area contributed by atoms with Crippen LogP contribution in [0.2, 0.25) is 0 Å². The van der Waals surface area contributed by atoms with Crippen molar-refractivity contribution in [2.75, 3.05) is 11.9 Å². The van der Waals surface area contributed by atoms with Crippen molar-refractivity contribution in [2.45, 2.75) is 52.0 Å². The van der Waals surface area contributed by atoms with Crippen molar-refractivity contribution in [3.05, 3.63) is 41.5 Å². The molecule has 128 valence electrons. The van der Waals surface area contributed by atoms with Crippen molar-refractivity contribution >= 4 is 11.6 Å². The van der Waals surface area contributed by atoms with Gasteiger partial charge in [0.2, 0.25) is 0 Å². The van der Waals surface area contributed by atoms with Crippen molar-refractivity contribution in [3.8, 4) is 0 Å². The van der Waals surface area contributed by atoms with E-state index in [1.165, 1.54) is 24.8 Å². The van der Waals surface area contributed by atoms with Crippen LogP contribution in [-0.2, 0) is 19.4 Å². The first-order valence-electron chi connectivity index (χ1n) is 8.77. The van der Waals surface area contributed by atoms with Crippen LogP contribution in [0.1, 0.15) is 42.9 Å². The Bertz CT molecular complexity index is 703. The van der Waals surface area contributed by atoms with E-state index in [0.29, 0.717) is 12.5 Å². The number of fused-ring (bicyclic) bond motifs is 1. The first kappa shape index (κ1) is 16.5. The Morgan fingerprint density at radius 2 is 2.21 bits per heavy atom. The molecule has 0 saturated carbocycles. The summed E-state index contributed by atoms with van der Waals surface area (Å²) < 4.78 is 2.30. The van der Waals surface area contributed by atoms with Crippen LogP contribution in [0.5, 0.6) is 0 Å². The Balaban J connectivity index is 1.49. The first-order chi connectivity index (χ1) is 11.7. The normalized spacial score (nSPS) is 15.0. The second-order valence-electron chi connectivity index (χ2n) is 6.36. The van der Waals surface area contributed by atoms with Crippen LogP contribution in [0.15, 0.2) is 29.3 Å². The van der Waals surface area contributed by atoms with Crippen LogP contribution in [-0.4, -0.2) is 27.3 Å². The van der Waals surface area contributed by atoms with Crippen molar-refractivity contribution in [1.82, 2.24) is 14.8 Å². The molecular weight excluding hydrogens is 300 g/mol. The van der Waals surface area contributed by atoms with Crippen molar-refractivity contribution < 1.29 is 0 Å². The van der Waals surface area contributed by atoms with Gasteiger partial charge in [-0.15, -0.1) is 10.2 Å². The van der Waals surface area contributed by atoms with Crippen molar-refractivity contribution in [3.63, 3.8) is 0 Å². The molecule has 0 unspecified atom stereocenters. The molecule has 6 nitrogen and oxygen atoms in total. The van der Waals surface area contributed by atoms with E-state index in [9.17, 15) is 0 Å². The van der Waals surface area contributed by atoms with E-state index in [1.807, 2.05) is 18.2 Å². The summed E-state index contributed by atoms with van der Waals surface area (Å²) in [4.78, 5) is 4.41. The first-order valence-corrected chi connectivity index (χ1v) is 8.77. The quantitative estimate of drug-likeness (QED) is 0.503. The van der Waals surface area contributed by atoms with Crippen molar-refractivity contribution in [2.24, 2.45) is 10.7 Å². The number of hydrogen-bond acceptors (Lipinski definition) is 3. The Morgan fingerprint density at radius 3 is 3.08 bits per heavy atom. The van der Waals surface area contributed by atoms with Gasteiger partial charge in [0.05, 0.1) is 0 Å². The number of aryl methyl sites for hydroxylation is 3. The lowest BCUT2D eigenvalue weighted by atomic mass is 10.2. The number of rotatable bonds is 5. The summed E-state index contributed by atoms with van der Waals surface area (Å²) in [5.41, 5.74) is 8.12. The molecule has 0 radical (unpaired) electrons. The lowest BCUT2D eigenvalue weighted by Crippen LogP contribution is -2.23. The molecule has 3 rings (SSSR count). The van der Waals surface area contributed by atoms with Crippen LogP contribution in [0.3, 0.4) is 0 Å². The highest BCUT2D eigenvalue weighted by atomic mass is 15.3. The van der Waals surface area contributed by atoms with Crippen LogP contribution in [0, 0.1) is 6.92 Å². The molecule has 0 aliphatic carbocycles. The van der Waals surface area contributed by atoms with Gasteiger partial charge >= 0.3 is 0 Å². The minimum absolute atomic E-state index is 0.459. The average molecular weight is 326 g/mol. The Hall–Kier alpha value is -2.37. The van der Waals surface area contributed by atoms with Gasteiger partial charge in [-0.3, -0.25) is 4.99 Å². The summed E-state index contributed by atoms with van der Waals surface area (Å²) in [6.07, 6.45) is 6.61. The summed E-state index contributed by atoms with van der Waals surface area (Å²) in [7, 11) is 0. The summed E-state index contributed by atoms with van der Waals surface area (Å²) in [5.74, 6) is 2.69.